The highest BCUT2D eigenvalue weighted by Crippen LogP contribution is 2.15. The number of amides is 1. The lowest BCUT2D eigenvalue weighted by molar-refractivity contribution is -0.138. The van der Waals surface area contributed by atoms with E-state index in [4.69, 9.17) is 0 Å². The summed E-state index contributed by atoms with van der Waals surface area (Å²) in [5, 5.41) is 11.9. The summed E-state index contributed by atoms with van der Waals surface area (Å²) in [5.41, 5.74) is 2.27. The summed E-state index contributed by atoms with van der Waals surface area (Å²) in [4.78, 5) is 35.4. The molecule has 2 N–H and O–H groups in total. The number of ketones is 1. The molecule has 1 amide bonds. The maximum absolute atomic E-state index is 12.1. The van der Waals surface area contributed by atoms with Gasteiger partial charge in [0.2, 0.25) is 5.91 Å². The molecular weight excluding hydrogens is 318 g/mol. The topological polar surface area (TPSA) is 83.5 Å². The van der Waals surface area contributed by atoms with Crippen molar-refractivity contribution in [2.75, 3.05) is 6.54 Å². The van der Waals surface area contributed by atoms with Gasteiger partial charge in [0.05, 0.1) is 5.92 Å². The van der Waals surface area contributed by atoms with E-state index < -0.39 is 11.9 Å². The van der Waals surface area contributed by atoms with E-state index in [0.29, 0.717) is 11.1 Å². The summed E-state index contributed by atoms with van der Waals surface area (Å²) < 4.78 is 0. The molecule has 0 aliphatic rings. The monoisotopic (exact) mass is 339 g/mol. The van der Waals surface area contributed by atoms with Crippen molar-refractivity contribution in [1.82, 2.24) is 5.32 Å². The number of hydrogen-bond donors (Lipinski definition) is 2. The standard InChI is InChI=1S/C20H21NO4/c1-14-7-9-16(10-8-14)18(22)11-12-19(23)21-13-17(20(24)25)15-5-3-2-4-6-15/h2-10,17H,11-13H2,1H3,(H,21,23)(H,24,25)/t17-/m1/s1. The number of carboxylic acid groups (broad SMARTS) is 1. The van der Waals surface area contributed by atoms with Crippen molar-refractivity contribution in [2.24, 2.45) is 0 Å². The van der Waals surface area contributed by atoms with E-state index in [2.05, 4.69) is 5.32 Å². The summed E-state index contributed by atoms with van der Waals surface area (Å²) in [7, 11) is 0. The molecule has 0 heterocycles. The summed E-state index contributed by atoms with van der Waals surface area (Å²) in [5.74, 6) is -2.24. The SMILES string of the molecule is Cc1ccc(C(=O)CCC(=O)NC[C@@H](C(=O)O)c2ccccc2)cc1. The predicted octanol–water partition coefficient (Wildman–Crippen LogP) is 2.94. The second-order valence-electron chi connectivity index (χ2n) is 5.89. The fourth-order valence-electron chi connectivity index (χ4n) is 2.45. The van der Waals surface area contributed by atoms with Crippen molar-refractivity contribution >= 4 is 17.7 Å². The number of aryl methyl sites for hydroxylation is 1. The number of carbonyl (C=O) groups excluding carboxylic acids is 2. The van der Waals surface area contributed by atoms with Crippen LogP contribution in [0.25, 0.3) is 0 Å². The van der Waals surface area contributed by atoms with Crippen LogP contribution in [0.15, 0.2) is 54.6 Å². The number of aliphatic carboxylic acids is 1. The Kier molecular flexibility index (Phi) is 6.46. The average Bonchev–Trinajstić information content (AvgIpc) is 2.61. The Hall–Kier alpha value is -2.95. The van der Waals surface area contributed by atoms with E-state index in [1.54, 1.807) is 42.5 Å². The largest absolute Gasteiger partial charge is 0.481 e. The number of Topliss-reactive ketones (excluding diaryl/α,β-unsaturated/α-hetero) is 1. The second-order valence-corrected chi connectivity index (χ2v) is 5.89. The second kappa shape index (κ2) is 8.78. The molecule has 5 nitrogen and oxygen atoms in total. The number of benzene rings is 2. The summed E-state index contributed by atoms with van der Waals surface area (Å²) in [6.45, 7) is 1.93. The highest BCUT2D eigenvalue weighted by Gasteiger charge is 2.20. The Bertz CT molecular complexity index is 738. The van der Waals surface area contributed by atoms with Gasteiger partial charge in [-0.15, -0.1) is 0 Å². The molecule has 0 saturated carbocycles. The molecule has 0 fully saturated rings. The van der Waals surface area contributed by atoms with Crippen LogP contribution >= 0.6 is 0 Å². The van der Waals surface area contributed by atoms with Crippen LogP contribution in [-0.2, 0) is 9.59 Å². The zero-order valence-electron chi connectivity index (χ0n) is 14.1. The van der Waals surface area contributed by atoms with Gasteiger partial charge in [0, 0.05) is 24.9 Å². The summed E-state index contributed by atoms with van der Waals surface area (Å²) >= 11 is 0. The molecule has 0 unspecified atom stereocenters. The zero-order valence-corrected chi connectivity index (χ0v) is 14.1. The maximum Gasteiger partial charge on any atom is 0.312 e. The lowest BCUT2D eigenvalue weighted by Gasteiger charge is -2.13. The van der Waals surface area contributed by atoms with Crippen LogP contribution in [0.5, 0.6) is 0 Å². The van der Waals surface area contributed by atoms with Crippen molar-refractivity contribution in [3.05, 3.63) is 71.3 Å². The molecule has 0 aliphatic heterocycles. The molecule has 5 heteroatoms. The Morgan fingerprint density at radius 2 is 1.60 bits per heavy atom. The first-order valence-electron chi connectivity index (χ1n) is 8.11. The van der Waals surface area contributed by atoms with E-state index in [1.165, 1.54) is 0 Å². The van der Waals surface area contributed by atoms with Crippen LogP contribution in [0.1, 0.15) is 40.2 Å². The molecule has 2 rings (SSSR count). The molecule has 0 aromatic heterocycles. The molecule has 0 bridgehead atoms. The third kappa shape index (κ3) is 5.57. The number of hydrogen-bond acceptors (Lipinski definition) is 3. The molecule has 1 atom stereocenters. The van der Waals surface area contributed by atoms with Crippen molar-refractivity contribution in [1.29, 1.82) is 0 Å². The number of nitrogens with one attached hydrogen (secondary N) is 1. The van der Waals surface area contributed by atoms with Crippen molar-refractivity contribution in [2.45, 2.75) is 25.7 Å². The van der Waals surface area contributed by atoms with Crippen LogP contribution in [0, 0.1) is 6.92 Å². The van der Waals surface area contributed by atoms with Gasteiger partial charge in [-0.1, -0.05) is 60.2 Å². The Morgan fingerprint density at radius 1 is 0.960 bits per heavy atom. The normalized spacial score (nSPS) is 11.6. The van der Waals surface area contributed by atoms with Crippen LogP contribution in [0.2, 0.25) is 0 Å². The predicted molar refractivity (Wildman–Crippen MR) is 94.6 cm³/mol. The van der Waals surface area contributed by atoms with Crippen molar-refractivity contribution < 1.29 is 19.5 Å². The fraction of sp³-hybridized carbons (Fsp3) is 0.250. The first-order valence-corrected chi connectivity index (χ1v) is 8.11. The van der Waals surface area contributed by atoms with Gasteiger partial charge in [0.25, 0.3) is 0 Å². The van der Waals surface area contributed by atoms with Gasteiger partial charge in [-0.25, -0.2) is 0 Å². The quantitative estimate of drug-likeness (QED) is 0.724. The molecule has 0 spiro atoms. The maximum atomic E-state index is 12.1. The van der Waals surface area contributed by atoms with E-state index in [0.717, 1.165) is 5.56 Å². The Labute approximate surface area is 146 Å². The first-order chi connectivity index (χ1) is 12.0. The lowest BCUT2D eigenvalue weighted by Crippen LogP contribution is -2.31. The van der Waals surface area contributed by atoms with Crippen molar-refractivity contribution in [3.63, 3.8) is 0 Å². The minimum Gasteiger partial charge on any atom is -0.481 e. The Morgan fingerprint density at radius 3 is 2.20 bits per heavy atom. The van der Waals surface area contributed by atoms with Crippen LogP contribution in [0.3, 0.4) is 0 Å². The minimum absolute atomic E-state index is 0.00307. The van der Waals surface area contributed by atoms with Gasteiger partial charge < -0.3 is 10.4 Å². The van der Waals surface area contributed by atoms with Crippen LogP contribution in [0.4, 0.5) is 0 Å². The third-order valence-electron chi connectivity index (χ3n) is 3.96. The molecule has 2 aromatic rings. The lowest BCUT2D eigenvalue weighted by atomic mass is 9.99. The Balaban J connectivity index is 1.84. The van der Waals surface area contributed by atoms with Gasteiger partial charge in [-0.05, 0) is 12.5 Å². The van der Waals surface area contributed by atoms with Crippen LogP contribution in [-0.4, -0.2) is 29.3 Å². The molecule has 25 heavy (non-hydrogen) atoms. The number of carbonyl (C=O) groups is 3. The van der Waals surface area contributed by atoms with Gasteiger partial charge in [-0.2, -0.15) is 0 Å². The molecule has 0 saturated heterocycles. The number of carboxylic acids is 1. The smallest absolute Gasteiger partial charge is 0.312 e. The summed E-state index contributed by atoms with van der Waals surface area (Å²) in [6, 6.07) is 15.9. The van der Waals surface area contributed by atoms with Gasteiger partial charge in [-0.3, -0.25) is 14.4 Å². The van der Waals surface area contributed by atoms with Crippen molar-refractivity contribution in [3.8, 4) is 0 Å². The molecule has 130 valence electrons. The van der Waals surface area contributed by atoms with Gasteiger partial charge >= 0.3 is 5.97 Å². The summed E-state index contributed by atoms with van der Waals surface area (Å²) in [6.07, 6.45) is 0.131. The van der Waals surface area contributed by atoms with Gasteiger partial charge in [0.1, 0.15) is 0 Å². The zero-order chi connectivity index (χ0) is 18.2. The van der Waals surface area contributed by atoms with Gasteiger partial charge in [0.15, 0.2) is 5.78 Å². The molecular formula is C20H21NO4. The highest BCUT2D eigenvalue weighted by atomic mass is 16.4. The highest BCUT2D eigenvalue weighted by molar-refractivity contribution is 5.98. The molecule has 0 aliphatic carbocycles. The van der Waals surface area contributed by atoms with E-state index in [-0.39, 0.29) is 31.1 Å². The van der Waals surface area contributed by atoms with E-state index in [9.17, 15) is 19.5 Å². The molecule has 2 aromatic carbocycles. The average molecular weight is 339 g/mol. The van der Waals surface area contributed by atoms with E-state index >= 15 is 0 Å². The van der Waals surface area contributed by atoms with Crippen LogP contribution < -0.4 is 5.32 Å². The fourth-order valence-corrected chi connectivity index (χ4v) is 2.45. The first kappa shape index (κ1) is 18.4. The third-order valence-corrected chi connectivity index (χ3v) is 3.96. The van der Waals surface area contributed by atoms with E-state index in [1.807, 2.05) is 19.1 Å². The number of rotatable bonds is 8. The molecule has 0 radical (unpaired) electrons. The minimum atomic E-state index is -0.998.